The number of urea groups is 1. The Bertz CT molecular complexity index is 1490. The highest BCUT2D eigenvalue weighted by Crippen LogP contribution is 2.43. The smallest absolute Gasteiger partial charge is 0.317 e. The van der Waals surface area contributed by atoms with Gasteiger partial charge in [0.2, 0.25) is 0 Å². The summed E-state index contributed by atoms with van der Waals surface area (Å²) in [7, 11) is 3.26. The van der Waals surface area contributed by atoms with Gasteiger partial charge in [-0.1, -0.05) is 0 Å². The van der Waals surface area contributed by atoms with Crippen molar-refractivity contribution in [1.29, 1.82) is 0 Å². The molecule has 9 nitrogen and oxygen atoms in total. The number of nitrogens with one attached hydrogen (secondary N) is 1. The van der Waals surface area contributed by atoms with E-state index in [4.69, 9.17) is 9.84 Å². The second-order valence-electron chi connectivity index (χ2n) is 10.8. The largest absolute Gasteiger partial charge is 0.381 e. The molecule has 0 aliphatic carbocycles. The van der Waals surface area contributed by atoms with Gasteiger partial charge in [0.05, 0.1) is 12.6 Å². The number of rotatable bonds is 4. The number of amides is 2. The lowest BCUT2D eigenvalue weighted by Gasteiger charge is -2.33. The van der Waals surface area contributed by atoms with Crippen LogP contribution in [-0.2, 0) is 31.2 Å². The maximum Gasteiger partial charge on any atom is 0.317 e. The number of carbonyl (C=O) groups is 1. The Labute approximate surface area is 231 Å². The van der Waals surface area contributed by atoms with Crippen molar-refractivity contribution in [2.75, 3.05) is 38.3 Å². The molecule has 0 spiro atoms. The molecule has 3 aromatic rings. The summed E-state index contributed by atoms with van der Waals surface area (Å²) in [5.41, 5.74) is 4.26. The number of carbonyl (C=O) groups excluding carboxylic acids is 1. The molecule has 6 rings (SSSR count). The summed E-state index contributed by atoms with van der Waals surface area (Å²) < 4.78 is 38.1. The molecular weight excluding hydrogens is 518 g/mol. The van der Waals surface area contributed by atoms with Crippen molar-refractivity contribution in [3.05, 3.63) is 63.2 Å². The first-order chi connectivity index (χ1) is 19.4. The monoisotopic (exact) mass is 552 g/mol. The van der Waals surface area contributed by atoms with E-state index in [0.717, 1.165) is 48.3 Å². The number of halogens is 2. The lowest BCUT2D eigenvalue weighted by Crippen LogP contribution is -2.42. The average molecular weight is 553 g/mol. The summed E-state index contributed by atoms with van der Waals surface area (Å²) in [6.07, 6.45) is 2.85. The third kappa shape index (κ3) is 4.66. The van der Waals surface area contributed by atoms with E-state index < -0.39 is 6.43 Å². The molecule has 5 heterocycles. The minimum atomic E-state index is -2.72. The van der Waals surface area contributed by atoms with Crippen molar-refractivity contribution < 1.29 is 18.3 Å². The zero-order valence-corrected chi connectivity index (χ0v) is 22.8. The zero-order valence-electron chi connectivity index (χ0n) is 22.8. The quantitative estimate of drug-likeness (QED) is 0.521. The number of hydrogen-bond acceptors (Lipinski definition) is 5. The van der Waals surface area contributed by atoms with E-state index in [0.29, 0.717) is 56.1 Å². The summed E-state index contributed by atoms with van der Waals surface area (Å²) in [4.78, 5) is 28.7. The van der Waals surface area contributed by atoms with Crippen molar-refractivity contribution >= 4 is 17.5 Å². The van der Waals surface area contributed by atoms with Crippen LogP contribution in [0.2, 0.25) is 0 Å². The van der Waals surface area contributed by atoms with Crippen LogP contribution in [0.1, 0.15) is 54.1 Å². The first-order valence-electron chi connectivity index (χ1n) is 13.9. The Morgan fingerprint density at radius 3 is 2.67 bits per heavy atom. The summed E-state index contributed by atoms with van der Waals surface area (Å²) in [5.74, 6) is 0.734. The van der Waals surface area contributed by atoms with Gasteiger partial charge < -0.3 is 24.4 Å². The normalized spacial score (nSPS) is 17.6. The molecule has 2 amide bonds. The molecule has 1 aromatic carbocycles. The summed E-state index contributed by atoms with van der Waals surface area (Å²) in [6.45, 7) is 2.99. The van der Waals surface area contributed by atoms with Crippen LogP contribution in [0.4, 0.5) is 25.1 Å². The molecule has 212 valence electrons. The van der Waals surface area contributed by atoms with E-state index in [9.17, 15) is 18.4 Å². The highest BCUT2D eigenvalue weighted by molar-refractivity contribution is 5.78. The van der Waals surface area contributed by atoms with Crippen LogP contribution in [-0.4, -0.2) is 58.6 Å². The molecule has 40 heavy (non-hydrogen) atoms. The standard InChI is InChI=1S/C29H34F2N6O3/c1-32-29(39)35-11-6-24-23(17-35)28(33-37(24)20-7-12-40-13-8-20)36-9-3-4-19-14-21(22(27(30)31)16-25(19)36)18-5-10-34(2)26(38)15-18/h5,10,14-16,20,27H,3-4,6-9,11-13,17H2,1-2H3,(H,32,39). The molecule has 0 saturated carbocycles. The summed E-state index contributed by atoms with van der Waals surface area (Å²) in [6, 6.07) is 6.56. The first-order valence-corrected chi connectivity index (χ1v) is 13.9. The molecule has 0 radical (unpaired) electrons. The van der Waals surface area contributed by atoms with Gasteiger partial charge in [-0.05, 0) is 60.6 Å². The fourth-order valence-corrected chi connectivity index (χ4v) is 6.22. The van der Waals surface area contributed by atoms with Gasteiger partial charge in [-0.3, -0.25) is 9.48 Å². The molecule has 3 aliphatic heterocycles. The molecule has 3 aliphatic rings. The van der Waals surface area contributed by atoms with Gasteiger partial charge >= 0.3 is 6.03 Å². The minimum absolute atomic E-state index is 0.108. The van der Waals surface area contributed by atoms with Gasteiger partial charge in [-0.2, -0.15) is 5.10 Å². The number of fused-ring (bicyclic) bond motifs is 2. The number of benzene rings is 1. The molecule has 2 aromatic heterocycles. The van der Waals surface area contributed by atoms with Crippen molar-refractivity contribution in [3.8, 4) is 11.1 Å². The Morgan fingerprint density at radius 2 is 1.95 bits per heavy atom. The number of anilines is 2. The van der Waals surface area contributed by atoms with Gasteiger partial charge in [0, 0.05) is 81.6 Å². The SMILES string of the molecule is CNC(=O)N1CCc2c(c(N3CCCc4cc(-c5ccn(C)c(=O)c5)c(C(F)F)cc43)nn2C2CCOCC2)C1. The fourth-order valence-electron chi connectivity index (χ4n) is 6.22. The highest BCUT2D eigenvalue weighted by Gasteiger charge is 2.34. The number of aryl methyl sites for hydroxylation is 2. The van der Waals surface area contributed by atoms with Gasteiger partial charge in [0.1, 0.15) is 0 Å². The van der Waals surface area contributed by atoms with Gasteiger partial charge in [0.15, 0.2) is 5.82 Å². The molecule has 0 unspecified atom stereocenters. The second kappa shape index (κ2) is 10.7. The van der Waals surface area contributed by atoms with Crippen LogP contribution in [0, 0.1) is 0 Å². The third-order valence-electron chi connectivity index (χ3n) is 8.38. The maximum absolute atomic E-state index is 14.5. The first kappa shape index (κ1) is 26.5. The molecule has 11 heteroatoms. The summed E-state index contributed by atoms with van der Waals surface area (Å²) >= 11 is 0. The van der Waals surface area contributed by atoms with E-state index in [1.54, 1.807) is 37.3 Å². The van der Waals surface area contributed by atoms with E-state index in [2.05, 4.69) is 14.9 Å². The Morgan fingerprint density at radius 1 is 1.15 bits per heavy atom. The Kier molecular flexibility index (Phi) is 7.07. The van der Waals surface area contributed by atoms with Crippen LogP contribution in [0.25, 0.3) is 11.1 Å². The molecule has 1 N–H and O–H groups in total. The zero-order chi connectivity index (χ0) is 28.0. The van der Waals surface area contributed by atoms with Gasteiger partial charge in [-0.15, -0.1) is 0 Å². The van der Waals surface area contributed by atoms with E-state index >= 15 is 0 Å². The molecule has 1 fully saturated rings. The summed E-state index contributed by atoms with van der Waals surface area (Å²) in [5, 5.41) is 7.85. The van der Waals surface area contributed by atoms with E-state index in [-0.39, 0.29) is 23.2 Å². The topological polar surface area (TPSA) is 84.6 Å². The predicted molar refractivity (Wildman–Crippen MR) is 147 cm³/mol. The van der Waals surface area contributed by atoms with Crippen molar-refractivity contribution in [2.24, 2.45) is 7.05 Å². The van der Waals surface area contributed by atoms with Crippen LogP contribution < -0.4 is 15.8 Å². The molecule has 0 bridgehead atoms. The van der Waals surface area contributed by atoms with Crippen molar-refractivity contribution in [1.82, 2.24) is 24.6 Å². The second-order valence-corrected chi connectivity index (χ2v) is 10.8. The number of ether oxygens (including phenoxy) is 1. The Hall–Kier alpha value is -3.73. The van der Waals surface area contributed by atoms with Gasteiger partial charge in [-0.25, -0.2) is 13.6 Å². The Balaban J connectivity index is 1.47. The van der Waals surface area contributed by atoms with Crippen LogP contribution in [0.15, 0.2) is 35.3 Å². The van der Waals surface area contributed by atoms with Gasteiger partial charge in [0.25, 0.3) is 12.0 Å². The van der Waals surface area contributed by atoms with Crippen LogP contribution in [0.3, 0.4) is 0 Å². The van der Waals surface area contributed by atoms with E-state index in [1.807, 2.05) is 6.07 Å². The number of aromatic nitrogens is 3. The molecule has 1 saturated heterocycles. The average Bonchev–Trinajstić information content (AvgIpc) is 3.36. The minimum Gasteiger partial charge on any atom is -0.381 e. The predicted octanol–water partition coefficient (Wildman–Crippen LogP) is 4.32. The van der Waals surface area contributed by atoms with Crippen molar-refractivity contribution in [3.63, 3.8) is 0 Å². The number of pyridine rings is 1. The third-order valence-corrected chi connectivity index (χ3v) is 8.38. The van der Waals surface area contributed by atoms with Crippen LogP contribution in [0.5, 0.6) is 0 Å². The lowest BCUT2D eigenvalue weighted by atomic mass is 9.92. The van der Waals surface area contributed by atoms with Crippen molar-refractivity contribution in [2.45, 2.75) is 51.1 Å². The number of hydrogen-bond donors (Lipinski definition) is 1. The maximum atomic E-state index is 14.5. The highest BCUT2D eigenvalue weighted by atomic mass is 19.3. The molecular formula is C29H34F2N6O3. The lowest BCUT2D eigenvalue weighted by molar-refractivity contribution is 0.0651. The fraction of sp³-hybridized carbons (Fsp3) is 0.483. The number of nitrogens with zero attached hydrogens (tertiary/aromatic N) is 5. The van der Waals surface area contributed by atoms with E-state index in [1.165, 1.54) is 10.6 Å². The number of alkyl halides is 2. The van der Waals surface area contributed by atoms with Crippen LogP contribution >= 0.6 is 0 Å². The molecule has 0 atom stereocenters.